The van der Waals surface area contributed by atoms with Crippen LogP contribution in [0.2, 0.25) is 0 Å². The Bertz CT molecular complexity index is 830. The summed E-state index contributed by atoms with van der Waals surface area (Å²) >= 11 is 0. The molecule has 0 amide bonds. The molecule has 2 unspecified atom stereocenters. The van der Waals surface area contributed by atoms with Crippen molar-refractivity contribution in [3.05, 3.63) is 87.5 Å². The van der Waals surface area contributed by atoms with Gasteiger partial charge in [-0.3, -0.25) is 6.08 Å². The molecule has 30 heavy (non-hydrogen) atoms. The first-order valence-corrected chi connectivity index (χ1v) is 10.6. The van der Waals surface area contributed by atoms with Gasteiger partial charge in [-0.15, -0.1) is 6.92 Å². The summed E-state index contributed by atoms with van der Waals surface area (Å²) in [6.45, 7) is 10.9. The Labute approximate surface area is 215 Å². The molecule has 2 atom stereocenters. The summed E-state index contributed by atoms with van der Waals surface area (Å²) in [6, 6.07) is 15.9. The Kier molecular flexibility index (Phi) is 13.6. The van der Waals surface area contributed by atoms with Gasteiger partial charge < -0.3 is 24.8 Å². The predicted molar refractivity (Wildman–Crippen MR) is 117 cm³/mol. The van der Waals surface area contributed by atoms with Gasteiger partial charge in [0.2, 0.25) is 0 Å². The number of benzene rings is 1. The van der Waals surface area contributed by atoms with Crippen LogP contribution in [0.4, 0.5) is 0 Å². The maximum Gasteiger partial charge on any atom is 4.00 e. The molecule has 2 aliphatic rings. The van der Waals surface area contributed by atoms with E-state index in [9.17, 15) is 0 Å². The molecule has 0 nitrogen and oxygen atoms in total. The number of hydrogen-bond donors (Lipinski definition) is 0. The molecule has 0 bridgehead atoms. The van der Waals surface area contributed by atoms with Crippen LogP contribution in [0.25, 0.3) is 0 Å². The van der Waals surface area contributed by atoms with Crippen LogP contribution < -0.4 is 24.8 Å². The second-order valence-electron chi connectivity index (χ2n) is 8.25. The molecule has 2 aromatic rings. The molecule has 0 spiro atoms. The standard InChI is InChI=1S/C18H21.C9H13.2ClH.Zr/c1-2-7-14-12-16-10-6-11-17(18(16)13-14)15-8-4-3-5-9-15;1-6-5-7(2)9(4)8(6)3;;;/h3-5,8-9,12-13,17H,2,6-7,10-11H2,1H3;6H,1-4H3;2*1H;/q2*-1;;;+4/p-2. The van der Waals surface area contributed by atoms with E-state index in [0.29, 0.717) is 11.8 Å². The Morgan fingerprint density at radius 2 is 1.73 bits per heavy atom. The average molecular weight is 521 g/mol. The van der Waals surface area contributed by atoms with Crippen molar-refractivity contribution < 1.29 is 51.0 Å². The summed E-state index contributed by atoms with van der Waals surface area (Å²) in [7, 11) is 0. The number of hydrogen-bond acceptors (Lipinski definition) is 0. The van der Waals surface area contributed by atoms with Gasteiger partial charge >= 0.3 is 26.2 Å². The molecule has 0 fully saturated rings. The van der Waals surface area contributed by atoms with Crippen molar-refractivity contribution in [2.45, 2.75) is 72.6 Å². The van der Waals surface area contributed by atoms with Crippen molar-refractivity contribution in [1.82, 2.24) is 0 Å². The van der Waals surface area contributed by atoms with Gasteiger partial charge in [-0.25, -0.2) is 11.6 Å². The first-order chi connectivity index (χ1) is 13.0. The quantitative estimate of drug-likeness (QED) is 0.539. The molecule has 0 saturated heterocycles. The third-order valence-corrected chi connectivity index (χ3v) is 6.36. The van der Waals surface area contributed by atoms with Gasteiger partial charge in [0.15, 0.2) is 0 Å². The zero-order valence-corrected chi connectivity index (χ0v) is 23.0. The fourth-order valence-electron chi connectivity index (χ4n) is 4.46. The number of aryl methyl sites for hydroxylation is 2. The second-order valence-corrected chi connectivity index (χ2v) is 8.25. The van der Waals surface area contributed by atoms with Crippen LogP contribution in [0.1, 0.15) is 82.1 Å². The van der Waals surface area contributed by atoms with E-state index in [1.54, 1.807) is 16.7 Å². The van der Waals surface area contributed by atoms with Crippen LogP contribution in [-0.4, -0.2) is 0 Å². The molecule has 160 valence electrons. The van der Waals surface area contributed by atoms with E-state index in [4.69, 9.17) is 0 Å². The Balaban J connectivity index is 0.000000608. The van der Waals surface area contributed by atoms with Gasteiger partial charge in [-0.1, -0.05) is 102 Å². The third-order valence-electron chi connectivity index (χ3n) is 6.36. The topological polar surface area (TPSA) is 0 Å². The minimum Gasteiger partial charge on any atom is -1.00 e. The molecule has 2 aliphatic carbocycles. The third kappa shape index (κ3) is 7.01. The first-order valence-electron chi connectivity index (χ1n) is 10.6. The smallest absolute Gasteiger partial charge is 1.00 e. The summed E-state index contributed by atoms with van der Waals surface area (Å²) in [6.07, 6.45) is 9.77. The Hall–Kier alpha value is -0.487. The van der Waals surface area contributed by atoms with E-state index in [1.165, 1.54) is 54.4 Å². The second kappa shape index (κ2) is 13.8. The zero-order valence-electron chi connectivity index (χ0n) is 19.0. The average Bonchev–Trinajstić information content (AvgIpc) is 3.19. The van der Waals surface area contributed by atoms with Crippen LogP contribution in [0, 0.1) is 12.0 Å². The summed E-state index contributed by atoms with van der Waals surface area (Å²) < 4.78 is 0. The van der Waals surface area contributed by atoms with Crippen molar-refractivity contribution in [1.29, 1.82) is 0 Å². The Morgan fingerprint density at radius 3 is 2.23 bits per heavy atom. The van der Waals surface area contributed by atoms with Crippen molar-refractivity contribution in [3.63, 3.8) is 0 Å². The van der Waals surface area contributed by atoms with E-state index in [-0.39, 0.29) is 51.0 Å². The van der Waals surface area contributed by atoms with Crippen molar-refractivity contribution in [2.75, 3.05) is 0 Å². The minimum atomic E-state index is 0. The van der Waals surface area contributed by atoms with E-state index >= 15 is 0 Å². The van der Waals surface area contributed by atoms with Crippen molar-refractivity contribution >= 4 is 0 Å². The normalized spacial score (nSPS) is 19.3. The van der Waals surface area contributed by atoms with Gasteiger partial charge in [-0.05, 0) is 5.92 Å². The monoisotopic (exact) mass is 518 g/mol. The first kappa shape index (κ1) is 29.5. The molecule has 2 aromatic carbocycles. The summed E-state index contributed by atoms with van der Waals surface area (Å²) in [5.74, 6) is 1.20. The van der Waals surface area contributed by atoms with Gasteiger partial charge in [0.25, 0.3) is 0 Å². The van der Waals surface area contributed by atoms with E-state index in [1.807, 2.05) is 0 Å². The molecule has 0 aromatic heterocycles. The molecule has 3 heteroatoms. The summed E-state index contributed by atoms with van der Waals surface area (Å²) in [5.41, 5.74) is 10.5. The van der Waals surface area contributed by atoms with Crippen LogP contribution in [0.15, 0.2) is 59.2 Å². The Morgan fingerprint density at radius 1 is 1.07 bits per heavy atom. The molecular weight excluding hydrogens is 486 g/mol. The molecule has 0 aliphatic heterocycles. The van der Waals surface area contributed by atoms with Crippen LogP contribution in [0.5, 0.6) is 0 Å². The maximum absolute atomic E-state index is 3.36. The molecule has 0 radical (unpaired) electrons. The summed E-state index contributed by atoms with van der Waals surface area (Å²) in [5, 5.41) is 0. The molecule has 0 N–H and O–H groups in total. The van der Waals surface area contributed by atoms with E-state index < -0.39 is 0 Å². The van der Waals surface area contributed by atoms with E-state index in [0.717, 1.165) is 0 Å². The van der Waals surface area contributed by atoms with E-state index in [2.05, 4.69) is 83.2 Å². The fraction of sp³-hybridized carbons (Fsp3) is 0.444. The van der Waals surface area contributed by atoms with Crippen molar-refractivity contribution in [2.24, 2.45) is 5.92 Å². The zero-order chi connectivity index (χ0) is 19.4. The largest absolute Gasteiger partial charge is 4.00 e. The number of allylic oxidation sites excluding steroid dienone is 4. The SMILES string of the molecule is CC1=[C-]C(C)C(C)=C1C.CCCc1cc2c([cH-]1)CCCC2c1ccccc1.[Cl-].[Cl-].[Zr+4]. The fourth-order valence-corrected chi connectivity index (χ4v) is 4.46. The van der Waals surface area contributed by atoms with Crippen molar-refractivity contribution in [3.8, 4) is 0 Å². The minimum absolute atomic E-state index is 0. The van der Waals surface area contributed by atoms with Crippen LogP contribution in [0.3, 0.4) is 0 Å². The van der Waals surface area contributed by atoms with Gasteiger partial charge in [-0.2, -0.15) is 33.9 Å². The van der Waals surface area contributed by atoms with Crippen LogP contribution >= 0.6 is 0 Å². The molecule has 0 saturated carbocycles. The molecular formula is C27H34Cl2Zr. The van der Waals surface area contributed by atoms with Gasteiger partial charge in [0, 0.05) is 0 Å². The van der Waals surface area contributed by atoms with Crippen LogP contribution in [-0.2, 0) is 39.0 Å². The maximum atomic E-state index is 3.36. The number of fused-ring (bicyclic) bond motifs is 1. The van der Waals surface area contributed by atoms with Gasteiger partial charge in [0.05, 0.1) is 0 Å². The number of rotatable bonds is 3. The molecule has 0 heterocycles. The summed E-state index contributed by atoms with van der Waals surface area (Å²) in [4.78, 5) is 0. The number of halogens is 2. The molecule has 4 rings (SSSR count). The van der Waals surface area contributed by atoms with Gasteiger partial charge in [0.1, 0.15) is 0 Å². The predicted octanol–water partition coefficient (Wildman–Crippen LogP) is 1.55.